The third kappa shape index (κ3) is 5.96. The number of nitrogens with zero attached hydrogens (tertiary/aromatic N) is 1. The van der Waals surface area contributed by atoms with Gasteiger partial charge in [-0.1, -0.05) is 30.7 Å². The molecule has 2 aliphatic heterocycles. The van der Waals surface area contributed by atoms with Crippen molar-refractivity contribution in [3.05, 3.63) is 58.7 Å². The Balaban J connectivity index is 0.000000241. The Bertz CT molecular complexity index is 1020. The van der Waals surface area contributed by atoms with E-state index in [9.17, 15) is 14.4 Å². The van der Waals surface area contributed by atoms with Crippen LogP contribution < -0.4 is 10.2 Å². The van der Waals surface area contributed by atoms with E-state index < -0.39 is 11.7 Å². The third-order valence-electron chi connectivity index (χ3n) is 5.06. The fourth-order valence-corrected chi connectivity index (χ4v) is 3.57. The number of amides is 1. The molecular weight excluding hydrogens is 404 g/mol. The topological polar surface area (TPSA) is 75.7 Å². The summed E-state index contributed by atoms with van der Waals surface area (Å²) in [5.41, 5.74) is 4.71. The van der Waals surface area contributed by atoms with Gasteiger partial charge in [0.05, 0.1) is 5.69 Å². The van der Waals surface area contributed by atoms with Gasteiger partial charge in [0.15, 0.2) is 11.6 Å². The van der Waals surface area contributed by atoms with Crippen molar-refractivity contribution < 1.29 is 19.1 Å². The van der Waals surface area contributed by atoms with Crippen LogP contribution in [-0.4, -0.2) is 36.4 Å². The van der Waals surface area contributed by atoms with Crippen LogP contribution in [-0.2, 0) is 4.74 Å². The van der Waals surface area contributed by atoms with Gasteiger partial charge in [-0.2, -0.15) is 0 Å². The highest BCUT2D eigenvalue weighted by molar-refractivity contribution is 6.07. The van der Waals surface area contributed by atoms with Gasteiger partial charge in [-0.3, -0.25) is 14.5 Å². The molecule has 2 heterocycles. The van der Waals surface area contributed by atoms with Crippen molar-refractivity contribution in [2.45, 2.75) is 60.5 Å². The van der Waals surface area contributed by atoms with Crippen molar-refractivity contribution in [3.8, 4) is 0 Å². The minimum Gasteiger partial charge on any atom is -0.443 e. The van der Waals surface area contributed by atoms with Crippen LogP contribution in [0.5, 0.6) is 0 Å². The molecule has 4 rings (SSSR count). The SMILES string of the molecule is C.Cc1ccc2c(c1)C(=O)CCN2.Cc1ccc2c(c1)C(=O)CCN2C(=O)OC(C)(C)C. The first-order valence-corrected chi connectivity index (χ1v) is 10.6. The van der Waals surface area contributed by atoms with E-state index in [0.717, 1.165) is 28.9 Å². The Morgan fingerprint density at radius 2 is 1.53 bits per heavy atom. The first-order chi connectivity index (χ1) is 14.5. The minimum atomic E-state index is -0.538. The molecule has 0 bridgehead atoms. The zero-order chi connectivity index (χ0) is 22.8. The lowest BCUT2D eigenvalue weighted by Gasteiger charge is -2.31. The average Bonchev–Trinajstić information content (AvgIpc) is 2.68. The van der Waals surface area contributed by atoms with Crippen LogP contribution in [0.3, 0.4) is 0 Å². The van der Waals surface area contributed by atoms with E-state index in [2.05, 4.69) is 5.32 Å². The Hall–Kier alpha value is -3.15. The van der Waals surface area contributed by atoms with Gasteiger partial charge >= 0.3 is 6.09 Å². The Morgan fingerprint density at radius 1 is 0.938 bits per heavy atom. The molecule has 6 nitrogen and oxygen atoms in total. The second-order valence-electron chi connectivity index (χ2n) is 8.97. The summed E-state index contributed by atoms with van der Waals surface area (Å²) in [5.74, 6) is 0.339. The summed E-state index contributed by atoms with van der Waals surface area (Å²) in [5, 5.41) is 3.20. The summed E-state index contributed by atoms with van der Waals surface area (Å²) in [6, 6.07) is 11.5. The molecule has 172 valence electrons. The number of ether oxygens (including phenoxy) is 1. The molecule has 0 spiro atoms. The Morgan fingerprint density at radius 3 is 2.19 bits per heavy atom. The number of benzene rings is 2. The smallest absolute Gasteiger partial charge is 0.414 e. The van der Waals surface area contributed by atoms with Gasteiger partial charge in [-0.05, 0) is 58.9 Å². The quantitative estimate of drug-likeness (QED) is 0.550. The molecule has 6 heteroatoms. The zero-order valence-corrected chi connectivity index (χ0v) is 18.9. The number of carbonyl (C=O) groups is 3. The highest BCUT2D eigenvalue weighted by atomic mass is 16.6. The number of ketones is 2. The van der Waals surface area contributed by atoms with Gasteiger partial charge < -0.3 is 10.1 Å². The number of hydrogen-bond acceptors (Lipinski definition) is 5. The number of anilines is 2. The maximum atomic E-state index is 12.2. The third-order valence-corrected chi connectivity index (χ3v) is 5.06. The van der Waals surface area contributed by atoms with Crippen LogP contribution >= 0.6 is 0 Å². The van der Waals surface area contributed by atoms with Crippen molar-refractivity contribution in [3.63, 3.8) is 0 Å². The molecular formula is C26H34N2O4. The molecule has 1 N–H and O–H groups in total. The molecule has 32 heavy (non-hydrogen) atoms. The van der Waals surface area contributed by atoms with Gasteiger partial charge in [-0.15, -0.1) is 0 Å². The molecule has 0 saturated heterocycles. The normalized spacial score (nSPS) is 14.7. The van der Waals surface area contributed by atoms with Crippen LogP contribution in [0.15, 0.2) is 36.4 Å². The molecule has 2 aliphatic rings. The van der Waals surface area contributed by atoms with E-state index in [1.165, 1.54) is 0 Å². The lowest BCUT2D eigenvalue weighted by Crippen LogP contribution is -2.41. The fourth-order valence-electron chi connectivity index (χ4n) is 3.57. The van der Waals surface area contributed by atoms with E-state index in [4.69, 9.17) is 4.74 Å². The largest absolute Gasteiger partial charge is 0.443 e. The highest BCUT2D eigenvalue weighted by Crippen LogP contribution is 2.29. The number of Topliss-reactive ketones (excluding diaryl/α,β-unsaturated/α-hetero) is 2. The van der Waals surface area contributed by atoms with E-state index in [-0.39, 0.29) is 19.0 Å². The van der Waals surface area contributed by atoms with Crippen molar-refractivity contribution in [1.82, 2.24) is 0 Å². The fraction of sp³-hybridized carbons (Fsp3) is 0.423. The lowest BCUT2D eigenvalue weighted by molar-refractivity contribution is 0.0577. The summed E-state index contributed by atoms with van der Waals surface area (Å²) in [6.07, 6.45) is 0.566. The Kier molecular flexibility index (Phi) is 7.83. The van der Waals surface area contributed by atoms with Gasteiger partial charge in [0.2, 0.25) is 0 Å². The standard InChI is InChI=1S/C15H19NO3.C10H11NO.CH4/c1-10-5-6-12-11(9-10)13(17)7-8-16(12)14(18)19-15(2,3)4;1-7-2-3-9-8(6-7)10(12)4-5-11-9;/h5-6,9H,7-8H2,1-4H3;2-3,6,11H,4-5H2,1H3;1H4. The number of carbonyl (C=O) groups excluding carboxylic acids is 3. The van der Waals surface area contributed by atoms with E-state index in [1.54, 1.807) is 4.90 Å². The molecule has 0 aromatic heterocycles. The van der Waals surface area contributed by atoms with Crippen LogP contribution in [0.25, 0.3) is 0 Å². The van der Waals surface area contributed by atoms with Crippen LogP contribution in [0.2, 0.25) is 0 Å². The van der Waals surface area contributed by atoms with Crippen molar-refractivity contribution in [1.29, 1.82) is 0 Å². The molecule has 0 fully saturated rings. The molecule has 0 atom stereocenters. The molecule has 2 aromatic rings. The number of fused-ring (bicyclic) bond motifs is 2. The predicted molar refractivity (Wildman–Crippen MR) is 129 cm³/mol. The van der Waals surface area contributed by atoms with Gasteiger partial charge in [-0.25, -0.2) is 4.79 Å². The van der Waals surface area contributed by atoms with Gasteiger partial charge in [0.1, 0.15) is 5.60 Å². The summed E-state index contributed by atoms with van der Waals surface area (Å²) >= 11 is 0. The minimum absolute atomic E-state index is 0. The van der Waals surface area contributed by atoms with Gasteiger partial charge in [0, 0.05) is 42.7 Å². The lowest BCUT2D eigenvalue weighted by atomic mass is 9.99. The van der Waals surface area contributed by atoms with E-state index >= 15 is 0 Å². The van der Waals surface area contributed by atoms with Crippen LogP contribution in [0.1, 0.15) is 72.9 Å². The summed E-state index contributed by atoms with van der Waals surface area (Å²) in [4.78, 5) is 37.0. The Labute approximate surface area is 191 Å². The van der Waals surface area contributed by atoms with Crippen molar-refractivity contribution in [2.24, 2.45) is 0 Å². The number of hydrogen-bond donors (Lipinski definition) is 1. The molecule has 0 aliphatic carbocycles. The van der Waals surface area contributed by atoms with Crippen LogP contribution in [0.4, 0.5) is 16.2 Å². The maximum Gasteiger partial charge on any atom is 0.414 e. The summed E-state index contributed by atoms with van der Waals surface area (Å²) in [6.45, 7) is 10.6. The first-order valence-electron chi connectivity index (χ1n) is 10.6. The average molecular weight is 439 g/mol. The second-order valence-corrected chi connectivity index (χ2v) is 8.97. The molecule has 0 saturated carbocycles. The number of nitrogens with one attached hydrogen (secondary N) is 1. The molecule has 0 unspecified atom stereocenters. The van der Waals surface area contributed by atoms with Crippen LogP contribution in [0, 0.1) is 13.8 Å². The maximum absolute atomic E-state index is 12.2. The van der Waals surface area contributed by atoms with Gasteiger partial charge in [0.25, 0.3) is 0 Å². The van der Waals surface area contributed by atoms with Crippen molar-refractivity contribution in [2.75, 3.05) is 23.3 Å². The first kappa shape index (κ1) is 25.1. The summed E-state index contributed by atoms with van der Waals surface area (Å²) in [7, 11) is 0. The number of aryl methyl sites for hydroxylation is 2. The molecule has 0 radical (unpaired) electrons. The molecule has 1 amide bonds. The highest BCUT2D eigenvalue weighted by Gasteiger charge is 2.30. The summed E-state index contributed by atoms with van der Waals surface area (Å²) < 4.78 is 5.38. The number of rotatable bonds is 0. The monoisotopic (exact) mass is 438 g/mol. The zero-order valence-electron chi connectivity index (χ0n) is 18.9. The van der Waals surface area contributed by atoms with E-state index in [1.807, 2.05) is 71.0 Å². The van der Waals surface area contributed by atoms with Crippen molar-refractivity contribution >= 4 is 29.0 Å². The second kappa shape index (κ2) is 9.98. The molecule has 2 aromatic carbocycles. The predicted octanol–water partition coefficient (Wildman–Crippen LogP) is 5.95. The van der Waals surface area contributed by atoms with E-state index in [0.29, 0.717) is 30.6 Å².